The molecule has 0 amide bonds. The Morgan fingerprint density at radius 1 is 0.939 bits per heavy atom. The molecule has 0 saturated carbocycles. The van der Waals surface area contributed by atoms with Gasteiger partial charge in [-0.2, -0.15) is 8.42 Å². The average molecular weight is 495 g/mol. The molecule has 11 heteroatoms. The van der Waals surface area contributed by atoms with Gasteiger partial charge in [-0.15, -0.1) is 0 Å². The highest BCUT2D eigenvalue weighted by atomic mass is 35.5. The van der Waals surface area contributed by atoms with Crippen molar-refractivity contribution < 1.29 is 13.0 Å². The molecule has 0 unspecified atom stereocenters. The van der Waals surface area contributed by atoms with Crippen LogP contribution in [-0.2, 0) is 23.2 Å². The second-order valence-electron chi connectivity index (χ2n) is 7.62. The van der Waals surface area contributed by atoms with Crippen molar-refractivity contribution >= 4 is 27.4 Å². The summed E-state index contributed by atoms with van der Waals surface area (Å²) < 4.78 is 32.7. The number of hydrogen-bond acceptors (Lipinski definition) is 6. The number of halogens is 1. The van der Waals surface area contributed by atoms with Gasteiger partial charge in [-0.1, -0.05) is 62.8 Å². The molecule has 0 aliphatic rings. The highest BCUT2D eigenvalue weighted by Gasteiger charge is 2.07. The molecule has 1 aromatic heterocycles. The van der Waals surface area contributed by atoms with Crippen LogP contribution < -0.4 is 11.4 Å². The monoisotopic (exact) mass is 494 g/mol. The largest absolute Gasteiger partial charge is 0.399 e. The molecule has 0 bridgehead atoms. The van der Waals surface area contributed by atoms with Crippen molar-refractivity contribution in [2.24, 2.45) is 0 Å². The quantitative estimate of drug-likeness (QED) is 0.220. The Kier molecular flexibility index (Phi) is 10.6. The van der Waals surface area contributed by atoms with E-state index >= 15 is 0 Å². The lowest BCUT2D eigenvalue weighted by molar-refractivity contribution is 0.483. The normalized spacial score (nSPS) is 11.1. The zero-order valence-electron chi connectivity index (χ0n) is 18.7. The van der Waals surface area contributed by atoms with Crippen molar-refractivity contribution in [3.63, 3.8) is 0 Å². The van der Waals surface area contributed by atoms with Crippen molar-refractivity contribution in [1.29, 1.82) is 5.41 Å². The lowest BCUT2D eigenvalue weighted by Crippen LogP contribution is -2.26. The van der Waals surface area contributed by atoms with Crippen molar-refractivity contribution in [1.82, 2.24) is 19.8 Å². The molecule has 0 radical (unpaired) electrons. The number of aryl methyl sites for hydroxylation is 1. The summed E-state index contributed by atoms with van der Waals surface area (Å²) in [5, 5.41) is 17.0. The SMILES string of the molecule is CCCCCCCCn1nnn(Cc2ccc(Cl)cc2)c1=N.Nc1ccc(S(=O)(=O)O)cc1. The smallest absolute Gasteiger partial charge is 0.294 e. The van der Waals surface area contributed by atoms with E-state index < -0.39 is 10.1 Å². The molecule has 1 heterocycles. The first-order chi connectivity index (χ1) is 15.7. The van der Waals surface area contributed by atoms with Crippen LogP contribution in [-0.4, -0.2) is 32.8 Å². The fourth-order valence-corrected chi connectivity index (χ4v) is 3.62. The topological polar surface area (TPSA) is 140 Å². The van der Waals surface area contributed by atoms with E-state index in [-0.39, 0.29) is 4.90 Å². The van der Waals surface area contributed by atoms with Crippen LogP contribution in [0.2, 0.25) is 5.02 Å². The maximum atomic E-state index is 10.5. The van der Waals surface area contributed by atoms with E-state index in [0.29, 0.717) is 22.9 Å². The van der Waals surface area contributed by atoms with Gasteiger partial charge in [-0.05, 0) is 58.8 Å². The predicted octanol–water partition coefficient (Wildman–Crippen LogP) is 4.14. The summed E-state index contributed by atoms with van der Waals surface area (Å²) in [6, 6.07) is 12.9. The van der Waals surface area contributed by atoms with Gasteiger partial charge in [-0.25, -0.2) is 9.36 Å². The maximum absolute atomic E-state index is 10.5. The van der Waals surface area contributed by atoms with E-state index in [2.05, 4.69) is 17.4 Å². The molecular weight excluding hydrogens is 464 g/mol. The second kappa shape index (κ2) is 13.1. The summed E-state index contributed by atoms with van der Waals surface area (Å²) in [6.45, 7) is 3.54. The molecule has 2 aromatic carbocycles. The van der Waals surface area contributed by atoms with E-state index in [1.165, 1.54) is 56.4 Å². The Bertz CT molecular complexity index is 1140. The van der Waals surface area contributed by atoms with Crippen LogP contribution in [0.15, 0.2) is 53.4 Å². The number of benzene rings is 2. The number of nitrogen functional groups attached to an aromatic ring is 1. The lowest BCUT2D eigenvalue weighted by Gasteiger charge is -2.02. The molecule has 0 spiro atoms. The summed E-state index contributed by atoms with van der Waals surface area (Å²) >= 11 is 5.88. The molecule has 0 saturated heterocycles. The van der Waals surface area contributed by atoms with Crippen LogP contribution in [0.4, 0.5) is 5.69 Å². The minimum absolute atomic E-state index is 0.147. The van der Waals surface area contributed by atoms with Gasteiger partial charge in [0.15, 0.2) is 0 Å². The number of nitrogens with two attached hydrogens (primary N) is 1. The molecule has 0 atom stereocenters. The Labute approximate surface area is 199 Å². The number of hydrogen-bond donors (Lipinski definition) is 3. The number of aromatic nitrogens is 4. The van der Waals surface area contributed by atoms with Gasteiger partial charge in [0.25, 0.3) is 10.1 Å². The maximum Gasteiger partial charge on any atom is 0.294 e. The van der Waals surface area contributed by atoms with Crippen molar-refractivity contribution in [2.45, 2.75) is 63.4 Å². The van der Waals surface area contributed by atoms with Gasteiger partial charge in [-0.3, -0.25) is 9.96 Å². The Morgan fingerprint density at radius 2 is 1.52 bits per heavy atom. The minimum atomic E-state index is -4.08. The fraction of sp³-hybridized carbons (Fsp3) is 0.409. The van der Waals surface area contributed by atoms with E-state index in [9.17, 15) is 8.42 Å². The zero-order chi connectivity index (χ0) is 24.3. The van der Waals surface area contributed by atoms with Gasteiger partial charge >= 0.3 is 0 Å². The number of rotatable bonds is 10. The number of unbranched alkanes of at least 4 members (excludes halogenated alkanes) is 5. The summed E-state index contributed by atoms with van der Waals surface area (Å²) in [6.07, 6.45) is 7.40. The predicted molar refractivity (Wildman–Crippen MR) is 128 cm³/mol. The molecule has 0 aliphatic carbocycles. The van der Waals surface area contributed by atoms with Crippen molar-refractivity contribution in [3.05, 3.63) is 64.7 Å². The van der Waals surface area contributed by atoms with E-state index in [4.69, 9.17) is 27.3 Å². The molecule has 9 nitrogen and oxygen atoms in total. The molecule has 33 heavy (non-hydrogen) atoms. The lowest BCUT2D eigenvalue weighted by atomic mass is 10.1. The third-order valence-electron chi connectivity index (χ3n) is 4.89. The highest BCUT2D eigenvalue weighted by molar-refractivity contribution is 7.85. The van der Waals surface area contributed by atoms with Gasteiger partial charge < -0.3 is 5.73 Å². The summed E-state index contributed by atoms with van der Waals surface area (Å²) in [4.78, 5) is -0.147. The van der Waals surface area contributed by atoms with Gasteiger partial charge in [0, 0.05) is 17.3 Å². The second-order valence-corrected chi connectivity index (χ2v) is 9.48. The summed E-state index contributed by atoms with van der Waals surface area (Å²) in [5.41, 5.74) is 7.16. The number of anilines is 1. The number of nitrogens with one attached hydrogen (secondary N) is 1. The van der Waals surface area contributed by atoms with Gasteiger partial charge in [0.05, 0.1) is 11.4 Å². The molecule has 3 aromatic rings. The first-order valence-corrected chi connectivity index (χ1v) is 12.6. The van der Waals surface area contributed by atoms with Crippen LogP contribution in [0.25, 0.3) is 0 Å². The number of tetrazole rings is 1. The van der Waals surface area contributed by atoms with Crippen molar-refractivity contribution in [2.75, 3.05) is 5.73 Å². The Morgan fingerprint density at radius 3 is 2.12 bits per heavy atom. The van der Waals surface area contributed by atoms with E-state index in [0.717, 1.165) is 18.5 Å². The molecule has 0 aliphatic heterocycles. The highest BCUT2D eigenvalue weighted by Crippen LogP contribution is 2.11. The van der Waals surface area contributed by atoms with Crippen molar-refractivity contribution in [3.8, 4) is 0 Å². The third kappa shape index (κ3) is 9.37. The Balaban J connectivity index is 0.000000294. The Hall–Kier alpha value is -2.69. The van der Waals surface area contributed by atoms with E-state index in [1.807, 2.05) is 24.3 Å². The molecule has 4 N–H and O–H groups in total. The average Bonchev–Trinajstić information content (AvgIpc) is 3.11. The van der Waals surface area contributed by atoms with Crippen LogP contribution in [0.1, 0.15) is 51.0 Å². The van der Waals surface area contributed by atoms with Gasteiger partial charge in [0.1, 0.15) is 0 Å². The summed E-state index contributed by atoms with van der Waals surface area (Å²) in [5.74, 6) is 0. The minimum Gasteiger partial charge on any atom is -0.399 e. The van der Waals surface area contributed by atoms with Crippen LogP contribution >= 0.6 is 11.6 Å². The molecule has 180 valence electrons. The zero-order valence-corrected chi connectivity index (χ0v) is 20.3. The number of nitrogens with zero attached hydrogens (tertiary/aromatic N) is 4. The van der Waals surface area contributed by atoms with Crippen LogP contribution in [0.3, 0.4) is 0 Å². The van der Waals surface area contributed by atoms with E-state index in [1.54, 1.807) is 9.36 Å². The van der Waals surface area contributed by atoms with Crippen LogP contribution in [0, 0.1) is 5.41 Å². The summed E-state index contributed by atoms with van der Waals surface area (Å²) in [7, 11) is -4.08. The first-order valence-electron chi connectivity index (χ1n) is 10.8. The first kappa shape index (κ1) is 26.6. The standard InChI is InChI=1S/C16H24ClN5.C6H7NO3S/c1-2-3-4-5-6-7-12-21-16(18)22(20-19-21)13-14-8-10-15(17)11-9-14;7-5-1-3-6(4-2-5)11(8,9)10/h8-11,18H,2-7,12-13H2,1H3;1-4H,7H2,(H,8,9,10). The molecule has 3 rings (SSSR count). The fourth-order valence-electron chi connectivity index (χ4n) is 3.02. The molecule has 0 fully saturated rings. The third-order valence-corrected chi connectivity index (χ3v) is 6.01. The van der Waals surface area contributed by atoms with Crippen LogP contribution in [0.5, 0.6) is 0 Å². The molecular formula is C22H31ClN6O3S. The van der Waals surface area contributed by atoms with Gasteiger partial charge in [0.2, 0.25) is 5.62 Å².